The Bertz CT molecular complexity index is 529. The van der Waals surface area contributed by atoms with Crippen LogP contribution in [0.25, 0.3) is 0 Å². The maximum Gasteiger partial charge on any atom is 0.293 e. The van der Waals surface area contributed by atoms with Crippen molar-refractivity contribution >= 4 is 5.82 Å². The predicted octanol–water partition coefficient (Wildman–Crippen LogP) is 1.94. The number of hydrogen-bond acceptors (Lipinski definition) is 4. The molecule has 2 fully saturated rings. The third-order valence-electron chi connectivity index (χ3n) is 4.86. The van der Waals surface area contributed by atoms with E-state index >= 15 is 0 Å². The molecule has 0 unspecified atom stereocenters. The maximum atomic E-state index is 12.5. The summed E-state index contributed by atoms with van der Waals surface area (Å²) in [5.74, 6) is 0.622. The van der Waals surface area contributed by atoms with Crippen molar-refractivity contribution in [2.75, 3.05) is 18.5 Å². The van der Waals surface area contributed by atoms with Gasteiger partial charge in [0.15, 0.2) is 5.82 Å². The first-order valence-corrected chi connectivity index (χ1v) is 8.24. The molecule has 2 aliphatic rings. The van der Waals surface area contributed by atoms with Crippen molar-refractivity contribution in [3.63, 3.8) is 0 Å². The van der Waals surface area contributed by atoms with Gasteiger partial charge in [0.2, 0.25) is 0 Å². The number of aromatic nitrogens is 2. The van der Waals surface area contributed by atoms with Crippen molar-refractivity contribution in [3.05, 3.63) is 22.7 Å². The fourth-order valence-corrected chi connectivity index (χ4v) is 3.43. The highest BCUT2D eigenvalue weighted by Crippen LogP contribution is 2.33. The van der Waals surface area contributed by atoms with Crippen molar-refractivity contribution < 1.29 is 0 Å². The number of nitrogens with zero attached hydrogens (tertiary/aromatic N) is 3. The predicted molar refractivity (Wildman–Crippen MR) is 84.9 cm³/mol. The topological polar surface area (TPSA) is 50.2 Å². The molecule has 0 aliphatic heterocycles. The molecule has 0 radical (unpaired) electrons. The van der Waals surface area contributed by atoms with Crippen LogP contribution in [0, 0.1) is 0 Å². The van der Waals surface area contributed by atoms with E-state index < -0.39 is 0 Å². The minimum absolute atomic E-state index is 0.0799. The molecule has 116 valence electrons. The van der Waals surface area contributed by atoms with E-state index in [1.165, 1.54) is 12.8 Å². The molecule has 0 spiro atoms. The van der Waals surface area contributed by atoms with E-state index in [-0.39, 0.29) is 5.56 Å². The lowest BCUT2D eigenvalue weighted by Gasteiger charge is -2.35. The lowest BCUT2D eigenvalue weighted by atomic mass is 9.90. The lowest BCUT2D eigenvalue weighted by molar-refractivity contribution is 0.340. The van der Waals surface area contributed by atoms with Crippen molar-refractivity contribution in [1.29, 1.82) is 0 Å². The highest BCUT2D eigenvalue weighted by atomic mass is 16.1. The van der Waals surface area contributed by atoms with Gasteiger partial charge in [-0.1, -0.05) is 6.92 Å². The zero-order valence-corrected chi connectivity index (χ0v) is 13.1. The SMILES string of the molecule is CCNC1CCC(N(C)c2nccn(C3CC3)c2=O)CC1. The Kier molecular flexibility index (Phi) is 4.29. The molecule has 1 aromatic heterocycles. The molecule has 0 atom stereocenters. The fraction of sp³-hybridized carbons (Fsp3) is 0.750. The van der Waals surface area contributed by atoms with Crippen LogP contribution in [-0.4, -0.2) is 35.2 Å². The molecule has 1 N–H and O–H groups in total. The van der Waals surface area contributed by atoms with Gasteiger partial charge in [-0.3, -0.25) is 4.79 Å². The zero-order chi connectivity index (χ0) is 14.8. The number of nitrogens with one attached hydrogen (secondary N) is 1. The monoisotopic (exact) mass is 290 g/mol. The van der Waals surface area contributed by atoms with E-state index in [1.807, 2.05) is 17.8 Å². The normalized spacial score (nSPS) is 25.8. The third-order valence-corrected chi connectivity index (χ3v) is 4.86. The molecular formula is C16H26N4O. The third kappa shape index (κ3) is 3.12. The van der Waals surface area contributed by atoms with E-state index in [9.17, 15) is 4.79 Å². The summed E-state index contributed by atoms with van der Waals surface area (Å²) in [6, 6.07) is 1.50. The molecular weight excluding hydrogens is 264 g/mol. The molecule has 21 heavy (non-hydrogen) atoms. The lowest BCUT2D eigenvalue weighted by Crippen LogP contribution is -2.43. The van der Waals surface area contributed by atoms with Crippen molar-refractivity contribution in [1.82, 2.24) is 14.9 Å². The van der Waals surface area contributed by atoms with Crippen molar-refractivity contribution in [3.8, 4) is 0 Å². The van der Waals surface area contributed by atoms with Gasteiger partial charge >= 0.3 is 0 Å². The standard InChI is InChI=1S/C16H26N4O/c1-3-17-12-4-6-13(7-5-12)19(2)15-16(21)20(11-10-18-15)14-8-9-14/h10-14,17H,3-9H2,1-2H3. The van der Waals surface area contributed by atoms with Gasteiger partial charge in [0.05, 0.1) is 0 Å². The number of hydrogen-bond donors (Lipinski definition) is 1. The molecule has 2 aliphatic carbocycles. The summed E-state index contributed by atoms with van der Waals surface area (Å²) in [6.45, 7) is 3.20. The molecule has 3 rings (SSSR count). The van der Waals surface area contributed by atoms with Gasteiger partial charge in [0.25, 0.3) is 5.56 Å². The zero-order valence-electron chi connectivity index (χ0n) is 13.1. The Morgan fingerprint density at radius 1 is 1.29 bits per heavy atom. The smallest absolute Gasteiger partial charge is 0.293 e. The van der Waals surface area contributed by atoms with Gasteiger partial charge in [0.1, 0.15) is 0 Å². The summed E-state index contributed by atoms with van der Waals surface area (Å²) in [4.78, 5) is 19.0. The molecule has 1 aromatic rings. The van der Waals surface area contributed by atoms with E-state index in [2.05, 4.69) is 22.1 Å². The molecule has 2 saturated carbocycles. The first kappa shape index (κ1) is 14.6. The van der Waals surface area contributed by atoms with Crippen LogP contribution >= 0.6 is 0 Å². The van der Waals surface area contributed by atoms with Crippen LogP contribution in [-0.2, 0) is 0 Å². The molecule has 0 saturated heterocycles. The molecule has 0 amide bonds. The van der Waals surface area contributed by atoms with Crippen LogP contribution in [0.1, 0.15) is 51.5 Å². The quantitative estimate of drug-likeness (QED) is 0.900. The van der Waals surface area contributed by atoms with Gasteiger partial charge in [-0.25, -0.2) is 4.98 Å². The van der Waals surface area contributed by atoms with Gasteiger partial charge in [-0.2, -0.15) is 0 Å². The minimum atomic E-state index is 0.0799. The molecule has 0 aromatic carbocycles. The highest BCUT2D eigenvalue weighted by molar-refractivity contribution is 5.36. The van der Waals surface area contributed by atoms with Crippen LogP contribution in [0.2, 0.25) is 0 Å². The van der Waals surface area contributed by atoms with Gasteiger partial charge < -0.3 is 14.8 Å². The Morgan fingerprint density at radius 3 is 2.62 bits per heavy atom. The number of anilines is 1. The van der Waals surface area contributed by atoms with Crippen LogP contribution < -0.4 is 15.8 Å². The van der Waals surface area contributed by atoms with Crippen LogP contribution in [0.4, 0.5) is 5.82 Å². The molecule has 0 bridgehead atoms. The summed E-state index contributed by atoms with van der Waals surface area (Å²) in [5.41, 5.74) is 0.0799. The van der Waals surface area contributed by atoms with E-state index in [0.29, 0.717) is 23.9 Å². The highest BCUT2D eigenvalue weighted by Gasteiger charge is 2.29. The Balaban J connectivity index is 1.70. The summed E-state index contributed by atoms with van der Waals surface area (Å²) in [6.07, 6.45) is 10.5. The second kappa shape index (κ2) is 6.18. The molecule has 5 heteroatoms. The number of rotatable bonds is 5. The average molecular weight is 290 g/mol. The van der Waals surface area contributed by atoms with E-state index in [4.69, 9.17) is 0 Å². The van der Waals surface area contributed by atoms with Gasteiger partial charge in [-0.05, 0) is 45.1 Å². The second-order valence-corrected chi connectivity index (χ2v) is 6.37. The van der Waals surface area contributed by atoms with Crippen molar-refractivity contribution in [2.24, 2.45) is 0 Å². The summed E-state index contributed by atoms with van der Waals surface area (Å²) >= 11 is 0. The maximum absolute atomic E-state index is 12.5. The Morgan fingerprint density at radius 2 is 2.00 bits per heavy atom. The average Bonchev–Trinajstić information content (AvgIpc) is 3.33. The van der Waals surface area contributed by atoms with Crippen LogP contribution in [0.3, 0.4) is 0 Å². The Hall–Kier alpha value is -1.36. The molecule has 5 nitrogen and oxygen atoms in total. The van der Waals surface area contributed by atoms with Gasteiger partial charge in [0, 0.05) is 37.6 Å². The first-order chi connectivity index (χ1) is 10.2. The van der Waals surface area contributed by atoms with Gasteiger partial charge in [-0.15, -0.1) is 0 Å². The van der Waals surface area contributed by atoms with Crippen LogP contribution in [0.5, 0.6) is 0 Å². The Labute approximate surface area is 126 Å². The first-order valence-electron chi connectivity index (χ1n) is 8.24. The second-order valence-electron chi connectivity index (χ2n) is 6.37. The van der Waals surface area contributed by atoms with E-state index in [1.54, 1.807) is 6.20 Å². The van der Waals surface area contributed by atoms with Crippen molar-refractivity contribution in [2.45, 2.75) is 63.6 Å². The molecule has 1 heterocycles. The summed E-state index contributed by atoms with van der Waals surface area (Å²) in [5, 5.41) is 3.53. The largest absolute Gasteiger partial charge is 0.352 e. The van der Waals surface area contributed by atoms with Crippen LogP contribution in [0.15, 0.2) is 17.2 Å². The van der Waals surface area contributed by atoms with E-state index in [0.717, 1.165) is 32.2 Å². The fourth-order valence-electron chi connectivity index (χ4n) is 3.43. The summed E-state index contributed by atoms with van der Waals surface area (Å²) in [7, 11) is 2.03. The minimum Gasteiger partial charge on any atom is -0.352 e. The summed E-state index contributed by atoms with van der Waals surface area (Å²) < 4.78 is 1.86.